The number of para-hydroxylation sites is 1. The molecule has 1 aromatic carbocycles. The van der Waals surface area contributed by atoms with Crippen LogP contribution < -0.4 is 10.3 Å². The molecule has 2 N–H and O–H groups in total. The van der Waals surface area contributed by atoms with Gasteiger partial charge in [-0.15, -0.1) is 0 Å². The number of rotatable bonds is 5. The molecule has 0 bridgehead atoms. The molecule has 0 aliphatic rings. The average molecular weight is 316 g/mol. The molecule has 0 saturated carbocycles. The third-order valence-electron chi connectivity index (χ3n) is 2.06. The first-order chi connectivity index (χ1) is 8.41. The first-order valence-electron chi connectivity index (χ1n) is 5.39. The number of halogens is 1. The van der Waals surface area contributed by atoms with Crippen molar-refractivity contribution in [3.05, 3.63) is 28.2 Å². The molecule has 0 aromatic heterocycles. The average Bonchev–Trinajstić information content (AvgIpc) is 2.25. The number of carbonyl (C=O) groups is 2. The van der Waals surface area contributed by atoms with Gasteiger partial charge in [0.1, 0.15) is 5.56 Å². The fourth-order valence-corrected chi connectivity index (χ4v) is 1.75. The number of carboxylic acids is 1. The fourth-order valence-electron chi connectivity index (χ4n) is 1.30. The van der Waals surface area contributed by atoms with Gasteiger partial charge in [-0.3, -0.25) is 4.79 Å². The Hall–Kier alpha value is -1.56. The molecule has 1 aromatic rings. The van der Waals surface area contributed by atoms with E-state index in [2.05, 4.69) is 21.4 Å². The number of hydrogen-bond acceptors (Lipinski definition) is 3. The second-order valence-electron chi connectivity index (χ2n) is 4.15. The van der Waals surface area contributed by atoms with E-state index in [1.807, 2.05) is 13.8 Å². The summed E-state index contributed by atoms with van der Waals surface area (Å²) in [6.07, 6.45) is 0.312. The highest BCUT2D eigenvalue weighted by atomic mass is 79.9. The molecule has 0 unspecified atom stereocenters. The zero-order chi connectivity index (χ0) is 13.7. The number of hydroxylamine groups is 1. The molecule has 0 fully saturated rings. The van der Waals surface area contributed by atoms with Gasteiger partial charge in [-0.1, -0.05) is 19.9 Å². The molecule has 0 saturated heterocycles. The molecule has 0 radical (unpaired) electrons. The number of carboxylic acid groups (broad SMARTS) is 1. The SMILES string of the molecule is CC(C)CC(=O)NOc1c(Br)cccc1C(=O)O. The summed E-state index contributed by atoms with van der Waals surface area (Å²) in [4.78, 5) is 27.5. The predicted octanol–water partition coefficient (Wildman–Crippen LogP) is 2.60. The second kappa shape index (κ2) is 6.39. The molecular formula is C12H14BrNO4. The second-order valence-corrected chi connectivity index (χ2v) is 5.00. The maximum Gasteiger partial charge on any atom is 0.339 e. The summed E-state index contributed by atoms with van der Waals surface area (Å²) in [7, 11) is 0. The Balaban J connectivity index is 2.78. The number of aromatic carboxylic acids is 1. The van der Waals surface area contributed by atoms with E-state index in [0.29, 0.717) is 10.9 Å². The lowest BCUT2D eigenvalue weighted by Gasteiger charge is -2.11. The van der Waals surface area contributed by atoms with E-state index in [9.17, 15) is 9.59 Å². The third-order valence-corrected chi connectivity index (χ3v) is 2.68. The van der Waals surface area contributed by atoms with Gasteiger partial charge >= 0.3 is 5.97 Å². The van der Waals surface area contributed by atoms with Crippen molar-refractivity contribution in [1.82, 2.24) is 5.48 Å². The van der Waals surface area contributed by atoms with Crippen molar-refractivity contribution < 1.29 is 19.5 Å². The van der Waals surface area contributed by atoms with Gasteiger partial charge in [0, 0.05) is 6.42 Å². The first kappa shape index (κ1) is 14.5. The van der Waals surface area contributed by atoms with Gasteiger partial charge in [-0.2, -0.15) is 5.48 Å². The Labute approximate surface area is 113 Å². The van der Waals surface area contributed by atoms with Crippen LogP contribution in [-0.2, 0) is 4.79 Å². The van der Waals surface area contributed by atoms with Crippen molar-refractivity contribution in [3.8, 4) is 5.75 Å². The van der Waals surface area contributed by atoms with Gasteiger partial charge in [0.2, 0.25) is 0 Å². The largest absolute Gasteiger partial charge is 0.478 e. The number of hydrogen-bond donors (Lipinski definition) is 2. The number of benzene rings is 1. The Morgan fingerprint density at radius 1 is 1.44 bits per heavy atom. The maximum atomic E-state index is 11.4. The van der Waals surface area contributed by atoms with E-state index in [-0.39, 0.29) is 23.1 Å². The molecule has 1 amide bonds. The van der Waals surface area contributed by atoms with Crippen molar-refractivity contribution in [2.45, 2.75) is 20.3 Å². The van der Waals surface area contributed by atoms with Crippen LogP contribution in [0.3, 0.4) is 0 Å². The van der Waals surface area contributed by atoms with E-state index >= 15 is 0 Å². The monoisotopic (exact) mass is 315 g/mol. The summed E-state index contributed by atoms with van der Waals surface area (Å²) in [6, 6.07) is 4.61. The highest BCUT2D eigenvalue weighted by Gasteiger charge is 2.16. The van der Waals surface area contributed by atoms with Crippen molar-refractivity contribution in [1.29, 1.82) is 0 Å². The van der Waals surface area contributed by atoms with E-state index in [1.165, 1.54) is 6.07 Å². The maximum absolute atomic E-state index is 11.4. The molecule has 0 aliphatic heterocycles. The summed E-state index contributed by atoms with van der Waals surface area (Å²) in [5, 5.41) is 8.99. The molecule has 0 aliphatic carbocycles. The molecular weight excluding hydrogens is 302 g/mol. The van der Waals surface area contributed by atoms with Crippen LogP contribution >= 0.6 is 15.9 Å². The van der Waals surface area contributed by atoms with E-state index < -0.39 is 5.97 Å². The first-order valence-corrected chi connectivity index (χ1v) is 6.18. The van der Waals surface area contributed by atoms with E-state index in [4.69, 9.17) is 9.94 Å². The van der Waals surface area contributed by atoms with Gasteiger partial charge < -0.3 is 9.94 Å². The van der Waals surface area contributed by atoms with Gasteiger partial charge in [-0.05, 0) is 34.0 Å². The fraction of sp³-hybridized carbons (Fsp3) is 0.333. The summed E-state index contributed by atoms with van der Waals surface area (Å²) < 4.78 is 0.465. The van der Waals surface area contributed by atoms with Crippen LogP contribution in [0.5, 0.6) is 5.75 Å². The van der Waals surface area contributed by atoms with Crippen LogP contribution in [0.15, 0.2) is 22.7 Å². The van der Waals surface area contributed by atoms with Crippen LogP contribution in [-0.4, -0.2) is 17.0 Å². The molecule has 18 heavy (non-hydrogen) atoms. The topological polar surface area (TPSA) is 75.6 Å². The Kier molecular flexibility index (Phi) is 5.15. The highest BCUT2D eigenvalue weighted by molar-refractivity contribution is 9.10. The minimum Gasteiger partial charge on any atom is -0.478 e. The zero-order valence-electron chi connectivity index (χ0n) is 10.1. The number of carbonyl (C=O) groups excluding carboxylic acids is 1. The lowest BCUT2D eigenvalue weighted by Crippen LogP contribution is -2.28. The Morgan fingerprint density at radius 2 is 2.11 bits per heavy atom. The standard InChI is InChI=1S/C12H14BrNO4/c1-7(2)6-10(15)14-18-11-8(12(16)17)4-3-5-9(11)13/h3-5,7H,6H2,1-2H3,(H,14,15)(H,16,17). The van der Waals surface area contributed by atoms with Gasteiger partial charge in [0.15, 0.2) is 5.75 Å². The minimum atomic E-state index is -1.12. The number of amides is 1. The summed E-state index contributed by atoms with van der Waals surface area (Å²) in [5.74, 6) is -1.13. The summed E-state index contributed by atoms with van der Waals surface area (Å²) in [6.45, 7) is 3.81. The lowest BCUT2D eigenvalue weighted by atomic mass is 10.1. The van der Waals surface area contributed by atoms with Crippen molar-refractivity contribution >= 4 is 27.8 Å². The molecule has 5 nitrogen and oxygen atoms in total. The van der Waals surface area contributed by atoms with Crippen LogP contribution in [0.25, 0.3) is 0 Å². The minimum absolute atomic E-state index is 0.0192. The number of nitrogens with one attached hydrogen (secondary N) is 1. The van der Waals surface area contributed by atoms with Crippen LogP contribution in [0, 0.1) is 5.92 Å². The molecule has 0 heterocycles. The smallest absolute Gasteiger partial charge is 0.339 e. The molecule has 6 heteroatoms. The molecule has 98 valence electrons. The predicted molar refractivity (Wildman–Crippen MR) is 69.3 cm³/mol. The van der Waals surface area contributed by atoms with Gasteiger partial charge in [0.25, 0.3) is 5.91 Å². The lowest BCUT2D eigenvalue weighted by molar-refractivity contribution is -0.128. The van der Waals surface area contributed by atoms with Crippen LogP contribution in [0.2, 0.25) is 0 Å². The van der Waals surface area contributed by atoms with Crippen LogP contribution in [0.4, 0.5) is 0 Å². The van der Waals surface area contributed by atoms with Gasteiger partial charge in [-0.25, -0.2) is 4.79 Å². The normalized spacial score (nSPS) is 10.2. The molecule has 1 rings (SSSR count). The van der Waals surface area contributed by atoms with E-state index in [0.717, 1.165) is 0 Å². The summed E-state index contributed by atoms with van der Waals surface area (Å²) in [5.41, 5.74) is 2.21. The highest BCUT2D eigenvalue weighted by Crippen LogP contribution is 2.28. The zero-order valence-corrected chi connectivity index (χ0v) is 11.7. The molecule has 0 spiro atoms. The quantitative estimate of drug-likeness (QED) is 0.819. The van der Waals surface area contributed by atoms with Crippen molar-refractivity contribution in [3.63, 3.8) is 0 Å². The molecule has 0 atom stereocenters. The van der Waals surface area contributed by atoms with E-state index in [1.54, 1.807) is 12.1 Å². The van der Waals surface area contributed by atoms with Gasteiger partial charge in [0.05, 0.1) is 4.47 Å². The van der Waals surface area contributed by atoms with Crippen LogP contribution in [0.1, 0.15) is 30.6 Å². The summed E-state index contributed by atoms with van der Waals surface area (Å²) >= 11 is 3.18. The Morgan fingerprint density at radius 3 is 2.67 bits per heavy atom. The third kappa shape index (κ3) is 4.03. The Bertz CT molecular complexity index is 459. The van der Waals surface area contributed by atoms with Crippen molar-refractivity contribution in [2.24, 2.45) is 5.92 Å². The van der Waals surface area contributed by atoms with Crippen molar-refractivity contribution in [2.75, 3.05) is 0 Å².